The third kappa shape index (κ3) is 2.77. The van der Waals surface area contributed by atoms with Gasteiger partial charge in [-0.2, -0.15) is 0 Å². The van der Waals surface area contributed by atoms with E-state index in [2.05, 4.69) is 11.8 Å². The number of ketones is 1. The lowest BCUT2D eigenvalue weighted by atomic mass is 9.75. The van der Waals surface area contributed by atoms with Crippen molar-refractivity contribution in [1.29, 1.82) is 0 Å². The highest BCUT2D eigenvalue weighted by molar-refractivity contribution is 6.00. The van der Waals surface area contributed by atoms with E-state index in [9.17, 15) is 4.79 Å². The molecule has 0 aromatic rings. The molecule has 0 spiro atoms. The highest BCUT2D eigenvalue weighted by atomic mass is 16.1. The van der Waals surface area contributed by atoms with E-state index in [1.54, 1.807) is 0 Å². The van der Waals surface area contributed by atoms with Crippen molar-refractivity contribution < 1.29 is 4.79 Å². The maximum Gasteiger partial charge on any atom is 0.177 e. The maximum atomic E-state index is 12.6. The highest BCUT2D eigenvalue weighted by Gasteiger charge is 2.40. The van der Waals surface area contributed by atoms with Gasteiger partial charge < -0.3 is 4.90 Å². The van der Waals surface area contributed by atoms with Crippen molar-refractivity contribution in [3.8, 4) is 0 Å². The van der Waals surface area contributed by atoms with E-state index in [1.807, 2.05) is 25.2 Å². The molecule has 102 valence electrons. The summed E-state index contributed by atoms with van der Waals surface area (Å²) < 4.78 is 0. The average molecular weight is 250 g/mol. The molecule has 0 aromatic carbocycles. The highest BCUT2D eigenvalue weighted by Crippen LogP contribution is 2.35. The largest absolute Gasteiger partial charge is 0.383 e. The molecule has 0 bridgehead atoms. The van der Waals surface area contributed by atoms with Gasteiger partial charge in [-0.05, 0) is 51.1 Å². The zero-order chi connectivity index (χ0) is 13.1. The summed E-state index contributed by atoms with van der Waals surface area (Å²) in [5.74, 6) is 1.00. The lowest BCUT2D eigenvalue weighted by Gasteiger charge is -2.43. The summed E-state index contributed by atoms with van der Waals surface area (Å²) in [6.45, 7) is 4.38. The number of hydrogen-bond donors (Lipinski definition) is 0. The van der Waals surface area contributed by atoms with Gasteiger partial charge in [-0.1, -0.05) is 6.92 Å². The molecular formula is C15H26N2O. The Balaban J connectivity index is 2.16. The van der Waals surface area contributed by atoms with Gasteiger partial charge in [-0.15, -0.1) is 0 Å². The van der Waals surface area contributed by atoms with Crippen LogP contribution in [0.2, 0.25) is 0 Å². The fourth-order valence-corrected chi connectivity index (χ4v) is 3.47. The molecule has 1 aliphatic carbocycles. The van der Waals surface area contributed by atoms with Gasteiger partial charge in [0.1, 0.15) is 0 Å². The third-order valence-electron chi connectivity index (χ3n) is 4.15. The number of nitrogens with zero attached hydrogens (tertiary/aromatic N) is 2. The van der Waals surface area contributed by atoms with Gasteiger partial charge in [-0.3, -0.25) is 9.69 Å². The molecule has 2 fully saturated rings. The SMILES string of the molecule is CCCN1CCCC2CC/C(=C/N(C)C)C(=O)C21. The second kappa shape index (κ2) is 5.87. The Labute approximate surface area is 111 Å². The number of likely N-dealkylation sites (tertiary alicyclic amines) is 1. The minimum absolute atomic E-state index is 0.179. The van der Waals surface area contributed by atoms with Gasteiger partial charge in [-0.25, -0.2) is 0 Å². The van der Waals surface area contributed by atoms with Crippen molar-refractivity contribution >= 4 is 5.78 Å². The van der Waals surface area contributed by atoms with Gasteiger partial charge in [0.05, 0.1) is 6.04 Å². The molecule has 0 radical (unpaired) electrons. The van der Waals surface area contributed by atoms with Crippen LogP contribution < -0.4 is 0 Å². The Morgan fingerprint density at radius 1 is 1.39 bits per heavy atom. The van der Waals surface area contributed by atoms with E-state index < -0.39 is 0 Å². The molecule has 2 unspecified atom stereocenters. The van der Waals surface area contributed by atoms with Crippen LogP contribution in [0, 0.1) is 5.92 Å². The first-order chi connectivity index (χ1) is 8.63. The predicted molar refractivity (Wildman–Crippen MR) is 74.4 cm³/mol. The number of carbonyl (C=O) groups excluding carboxylic acids is 1. The smallest absolute Gasteiger partial charge is 0.177 e. The Bertz CT molecular complexity index is 333. The predicted octanol–water partition coefficient (Wildman–Crippen LogP) is 2.29. The van der Waals surface area contributed by atoms with Gasteiger partial charge in [0.15, 0.2) is 5.78 Å². The quantitative estimate of drug-likeness (QED) is 0.718. The summed E-state index contributed by atoms with van der Waals surface area (Å²) in [5, 5.41) is 0. The van der Waals surface area contributed by atoms with E-state index in [0.717, 1.165) is 31.5 Å². The number of rotatable bonds is 3. The number of carbonyl (C=O) groups is 1. The fraction of sp³-hybridized carbons (Fsp3) is 0.800. The number of piperidine rings is 1. The number of Topliss-reactive ketones (excluding diaryl/α,β-unsaturated/α-hetero) is 1. The maximum absolute atomic E-state index is 12.6. The molecule has 2 atom stereocenters. The van der Waals surface area contributed by atoms with Gasteiger partial charge in [0, 0.05) is 25.9 Å². The monoisotopic (exact) mass is 250 g/mol. The Morgan fingerprint density at radius 2 is 2.17 bits per heavy atom. The zero-order valence-corrected chi connectivity index (χ0v) is 12.0. The van der Waals surface area contributed by atoms with Crippen LogP contribution in [0.4, 0.5) is 0 Å². The number of hydrogen-bond acceptors (Lipinski definition) is 3. The minimum Gasteiger partial charge on any atom is -0.383 e. The van der Waals surface area contributed by atoms with Crippen molar-refractivity contribution in [3.05, 3.63) is 11.8 Å². The van der Waals surface area contributed by atoms with Crippen LogP contribution in [0.1, 0.15) is 39.0 Å². The second-order valence-electron chi connectivity index (χ2n) is 5.90. The summed E-state index contributed by atoms with van der Waals surface area (Å²) in [4.78, 5) is 17.1. The fourth-order valence-electron chi connectivity index (χ4n) is 3.47. The molecule has 1 saturated carbocycles. The minimum atomic E-state index is 0.179. The first-order valence-electron chi connectivity index (χ1n) is 7.29. The molecule has 0 amide bonds. The Kier molecular flexibility index (Phi) is 4.44. The zero-order valence-electron chi connectivity index (χ0n) is 12.0. The summed E-state index contributed by atoms with van der Waals surface area (Å²) in [7, 11) is 3.99. The topological polar surface area (TPSA) is 23.6 Å². The van der Waals surface area contributed by atoms with Crippen LogP contribution in [0.25, 0.3) is 0 Å². The van der Waals surface area contributed by atoms with Crippen LogP contribution in [0.15, 0.2) is 11.8 Å². The summed E-state index contributed by atoms with van der Waals surface area (Å²) in [5.41, 5.74) is 1.03. The van der Waals surface area contributed by atoms with Crippen molar-refractivity contribution in [2.45, 2.75) is 45.1 Å². The van der Waals surface area contributed by atoms with Crippen molar-refractivity contribution in [3.63, 3.8) is 0 Å². The van der Waals surface area contributed by atoms with E-state index in [0.29, 0.717) is 11.7 Å². The third-order valence-corrected chi connectivity index (χ3v) is 4.15. The first kappa shape index (κ1) is 13.6. The van der Waals surface area contributed by atoms with Crippen LogP contribution in [-0.2, 0) is 4.79 Å². The lowest BCUT2D eigenvalue weighted by molar-refractivity contribution is -0.126. The first-order valence-corrected chi connectivity index (χ1v) is 7.29. The standard InChI is InChI=1S/C15H26N2O/c1-4-9-17-10-5-6-12-7-8-13(11-16(2)3)15(18)14(12)17/h11-12,14H,4-10H2,1-3H3/b13-11-. The van der Waals surface area contributed by atoms with E-state index in [-0.39, 0.29) is 6.04 Å². The molecule has 1 heterocycles. The van der Waals surface area contributed by atoms with E-state index >= 15 is 0 Å². The van der Waals surface area contributed by atoms with Crippen LogP contribution in [-0.4, -0.2) is 48.8 Å². The van der Waals surface area contributed by atoms with Gasteiger partial charge in [0.25, 0.3) is 0 Å². The molecule has 1 saturated heterocycles. The summed E-state index contributed by atoms with van der Waals surface area (Å²) >= 11 is 0. The molecule has 1 aliphatic heterocycles. The molecular weight excluding hydrogens is 224 g/mol. The molecule has 0 N–H and O–H groups in total. The van der Waals surface area contributed by atoms with E-state index in [4.69, 9.17) is 0 Å². The molecule has 18 heavy (non-hydrogen) atoms. The van der Waals surface area contributed by atoms with Gasteiger partial charge in [0.2, 0.25) is 0 Å². The van der Waals surface area contributed by atoms with Gasteiger partial charge >= 0.3 is 0 Å². The van der Waals surface area contributed by atoms with Crippen LogP contribution >= 0.6 is 0 Å². The molecule has 3 nitrogen and oxygen atoms in total. The lowest BCUT2D eigenvalue weighted by Crippen LogP contribution is -2.52. The average Bonchev–Trinajstić information content (AvgIpc) is 2.33. The van der Waals surface area contributed by atoms with Crippen molar-refractivity contribution in [1.82, 2.24) is 9.80 Å². The second-order valence-corrected chi connectivity index (χ2v) is 5.90. The molecule has 0 aromatic heterocycles. The summed E-state index contributed by atoms with van der Waals surface area (Å²) in [6, 6.07) is 0.179. The molecule has 2 rings (SSSR count). The molecule has 2 aliphatic rings. The van der Waals surface area contributed by atoms with Crippen LogP contribution in [0.3, 0.4) is 0 Å². The normalized spacial score (nSPS) is 31.5. The molecule has 3 heteroatoms. The van der Waals surface area contributed by atoms with Crippen molar-refractivity contribution in [2.75, 3.05) is 27.2 Å². The van der Waals surface area contributed by atoms with Crippen LogP contribution in [0.5, 0.6) is 0 Å². The van der Waals surface area contributed by atoms with E-state index in [1.165, 1.54) is 19.3 Å². The summed E-state index contributed by atoms with van der Waals surface area (Å²) in [6.07, 6.45) is 7.84. The number of fused-ring (bicyclic) bond motifs is 1. The Hall–Kier alpha value is -0.830. The Morgan fingerprint density at radius 3 is 2.83 bits per heavy atom. The van der Waals surface area contributed by atoms with Crippen molar-refractivity contribution in [2.24, 2.45) is 5.92 Å².